The zero-order valence-corrected chi connectivity index (χ0v) is 13.7. The molecule has 1 aliphatic rings. The van der Waals surface area contributed by atoms with Crippen LogP contribution in [0.25, 0.3) is 11.3 Å². The predicted octanol–water partition coefficient (Wildman–Crippen LogP) is 3.53. The molecule has 2 aromatic rings. The van der Waals surface area contributed by atoms with Crippen molar-refractivity contribution >= 4 is 0 Å². The molecule has 0 bridgehead atoms. The third kappa shape index (κ3) is 3.99. The lowest BCUT2D eigenvalue weighted by Gasteiger charge is -2.28. The summed E-state index contributed by atoms with van der Waals surface area (Å²) in [5.41, 5.74) is 1.10. The van der Waals surface area contributed by atoms with Gasteiger partial charge in [-0.2, -0.15) is 23.4 Å². The van der Waals surface area contributed by atoms with Gasteiger partial charge >= 0.3 is 6.18 Å². The molecule has 2 N–H and O–H groups in total. The summed E-state index contributed by atoms with van der Waals surface area (Å²) in [5, 5.41) is 28.0. The molecule has 0 saturated heterocycles. The first-order valence-corrected chi connectivity index (χ1v) is 8.14. The van der Waals surface area contributed by atoms with Crippen molar-refractivity contribution in [1.82, 2.24) is 10.2 Å². The smallest absolute Gasteiger partial charge is 0.393 e. The van der Waals surface area contributed by atoms with Gasteiger partial charge in [-0.3, -0.25) is 0 Å². The monoisotopic (exact) mass is 352 g/mol. The van der Waals surface area contributed by atoms with Crippen LogP contribution in [0, 0.1) is 5.92 Å². The maximum absolute atomic E-state index is 12.9. The highest BCUT2D eigenvalue weighted by atomic mass is 19.4. The van der Waals surface area contributed by atoms with E-state index >= 15 is 0 Å². The van der Waals surface area contributed by atoms with Crippen LogP contribution in [0.1, 0.15) is 42.7 Å². The number of fused-ring (bicyclic) bond motifs is 1. The van der Waals surface area contributed by atoms with Crippen LogP contribution in [0.5, 0.6) is 0 Å². The van der Waals surface area contributed by atoms with Crippen molar-refractivity contribution in [2.45, 2.75) is 44.6 Å². The quantitative estimate of drug-likeness (QED) is 0.887. The van der Waals surface area contributed by atoms with Gasteiger partial charge in [0, 0.05) is 11.1 Å². The van der Waals surface area contributed by atoms with Gasteiger partial charge in [-0.1, -0.05) is 12.1 Å². The van der Waals surface area contributed by atoms with E-state index in [1.54, 1.807) is 13.0 Å². The van der Waals surface area contributed by atoms with Gasteiger partial charge in [0.25, 0.3) is 0 Å². The summed E-state index contributed by atoms with van der Waals surface area (Å²) in [7, 11) is 0. The highest BCUT2D eigenvalue weighted by molar-refractivity contribution is 5.61. The van der Waals surface area contributed by atoms with Crippen molar-refractivity contribution in [3.05, 3.63) is 47.2 Å². The van der Waals surface area contributed by atoms with E-state index in [0.717, 1.165) is 12.1 Å². The molecule has 0 radical (unpaired) electrons. The fourth-order valence-electron chi connectivity index (χ4n) is 3.34. The topological polar surface area (TPSA) is 66.2 Å². The maximum Gasteiger partial charge on any atom is 0.416 e. The van der Waals surface area contributed by atoms with Gasteiger partial charge in [0.1, 0.15) is 0 Å². The van der Waals surface area contributed by atoms with Crippen LogP contribution in [0.2, 0.25) is 0 Å². The SMILES string of the molecule is CC(O)CC1Cc2nnc(-c3cccc(C(F)(F)F)c3)cc2C(O)C1. The van der Waals surface area contributed by atoms with Gasteiger partial charge in [-0.25, -0.2) is 0 Å². The van der Waals surface area contributed by atoms with Crippen molar-refractivity contribution in [3.63, 3.8) is 0 Å². The Bertz CT molecular complexity index is 762. The number of hydrogen-bond donors (Lipinski definition) is 2. The van der Waals surface area contributed by atoms with E-state index in [1.165, 1.54) is 12.1 Å². The molecule has 4 nitrogen and oxygen atoms in total. The van der Waals surface area contributed by atoms with Gasteiger partial charge in [0.15, 0.2) is 0 Å². The van der Waals surface area contributed by atoms with Crippen LogP contribution in [-0.4, -0.2) is 26.5 Å². The van der Waals surface area contributed by atoms with Crippen molar-refractivity contribution in [1.29, 1.82) is 0 Å². The van der Waals surface area contributed by atoms with E-state index in [2.05, 4.69) is 10.2 Å². The molecular formula is C18H19F3N2O2. The Morgan fingerprint density at radius 2 is 2.00 bits per heavy atom. The van der Waals surface area contributed by atoms with E-state index < -0.39 is 23.9 Å². The number of nitrogens with zero attached hydrogens (tertiary/aromatic N) is 2. The van der Waals surface area contributed by atoms with Gasteiger partial charge in [0.2, 0.25) is 0 Å². The minimum absolute atomic E-state index is 0.108. The zero-order valence-electron chi connectivity index (χ0n) is 13.7. The van der Waals surface area contributed by atoms with Crippen molar-refractivity contribution < 1.29 is 23.4 Å². The second-order valence-electron chi connectivity index (χ2n) is 6.62. The summed E-state index contributed by atoms with van der Waals surface area (Å²) < 4.78 is 38.6. The van der Waals surface area contributed by atoms with E-state index in [9.17, 15) is 23.4 Å². The lowest BCUT2D eigenvalue weighted by molar-refractivity contribution is -0.137. The summed E-state index contributed by atoms with van der Waals surface area (Å²) in [6, 6.07) is 6.51. The number of aliphatic hydroxyl groups excluding tert-OH is 2. The minimum atomic E-state index is -4.43. The van der Waals surface area contributed by atoms with Crippen molar-refractivity contribution in [2.24, 2.45) is 5.92 Å². The summed E-state index contributed by atoms with van der Waals surface area (Å²) in [6.07, 6.45) is -4.00. The molecule has 1 aromatic carbocycles. The van der Waals surface area contributed by atoms with Crippen LogP contribution in [0.3, 0.4) is 0 Å². The van der Waals surface area contributed by atoms with Gasteiger partial charge in [-0.15, -0.1) is 0 Å². The van der Waals surface area contributed by atoms with Crippen LogP contribution in [-0.2, 0) is 12.6 Å². The highest BCUT2D eigenvalue weighted by Crippen LogP contribution is 2.36. The largest absolute Gasteiger partial charge is 0.416 e. The van der Waals surface area contributed by atoms with Crippen LogP contribution in [0.4, 0.5) is 13.2 Å². The van der Waals surface area contributed by atoms with E-state index in [-0.39, 0.29) is 5.92 Å². The third-order valence-corrected chi connectivity index (χ3v) is 4.46. The normalized spacial score (nSPS) is 21.7. The lowest BCUT2D eigenvalue weighted by Crippen LogP contribution is -2.23. The first kappa shape index (κ1) is 17.8. The fraction of sp³-hybridized carbons (Fsp3) is 0.444. The second-order valence-corrected chi connectivity index (χ2v) is 6.62. The number of benzene rings is 1. The molecule has 1 aliphatic carbocycles. The first-order valence-electron chi connectivity index (χ1n) is 8.14. The molecule has 0 aliphatic heterocycles. The molecular weight excluding hydrogens is 333 g/mol. The molecule has 0 amide bonds. The standard InChI is InChI=1S/C18H19F3N2O2/c1-10(24)5-11-6-16-14(17(25)7-11)9-15(22-23-16)12-3-2-4-13(8-12)18(19,20)21/h2-4,8-11,17,24-25H,5-7H2,1H3. The maximum atomic E-state index is 12.9. The van der Waals surface area contributed by atoms with Crippen molar-refractivity contribution in [2.75, 3.05) is 0 Å². The van der Waals surface area contributed by atoms with Crippen LogP contribution in [0.15, 0.2) is 30.3 Å². The minimum Gasteiger partial charge on any atom is -0.393 e. The lowest BCUT2D eigenvalue weighted by atomic mass is 9.82. The molecule has 134 valence electrons. The molecule has 3 unspecified atom stereocenters. The summed E-state index contributed by atoms with van der Waals surface area (Å²) in [4.78, 5) is 0. The van der Waals surface area contributed by atoms with Gasteiger partial charge < -0.3 is 10.2 Å². The fourth-order valence-corrected chi connectivity index (χ4v) is 3.34. The summed E-state index contributed by atoms with van der Waals surface area (Å²) in [6.45, 7) is 1.70. The molecule has 1 aromatic heterocycles. The Morgan fingerprint density at radius 3 is 2.68 bits per heavy atom. The molecule has 1 heterocycles. The summed E-state index contributed by atoms with van der Waals surface area (Å²) in [5.74, 6) is 0.108. The molecule has 3 rings (SSSR count). The van der Waals surface area contributed by atoms with Crippen molar-refractivity contribution in [3.8, 4) is 11.3 Å². The zero-order chi connectivity index (χ0) is 18.2. The third-order valence-electron chi connectivity index (χ3n) is 4.46. The molecule has 0 spiro atoms. The Morgan fingerprint density at radius 1 is 1.24 bits per heavy atom. The van der Waals surface area contributed by atoms with Crippen LogP contribution >= 0.6 is 0 Å². The predicted molar refractivity (Wildman–Crippen MR) is 85.5 cm³/mol. The van der Waals surface area contributed by atoms with Gasteiger partial charge in [0.05, 0.1) is 29.2 Å². The molecule has 7 heteroatoms. The number of alkyl halides is 3. The molecule has 0 fully saturated rings. The van der Waals surface area contributed by atoms with E-state index in [1.807, 2.05) is 0 Å². The summed E-state index contributed by atoms with van der Waals surface area (Å²) >= 11 is 0. The Kier molecular flexibility index (Phi) is 4.79. The first-order chi connectivity index (χ1) is 11.7. The highest BCUT2D eigenvalue weighted by Gasteiger charge is 2.31. The number of rotatable bonds is 3. The van der Waals surface area contributed by atoms with Crippen LogP contribution < -0.4 is 0 Å². The number of aliphatic hydroxyl groups is 2. The van der Waals surface area contributed by atoms with E-state index in [4.69, 9.17) is 0 Å². The average molecular weight is 352 g/mol. The van der Waals surface area contributed by atoms with Gasteiger partial charge in [-0.05, 0) is 50.3 Å². The molecule has 3 atom stereocenters. The number of halogens is 3. The Labute approximate surface area is 143 Å². The average Bonchev–Trinajstić information content (AvgIpc) is 2.53. The molecule has 25 heavy (non-hydrogen) atoms. The Balaban J connectivity index is 1.91. The molecule has 0 saturated carbocycles. The van der Waals surface area contributed by atoms with E-state index in [0.29, 0.717) is 41.8 Å². The number of hydrogen-bond acceptors (Lipinski definition) is 4. The number of aromatic nitrogens is 2. The second kappa shape index (κ2) is 6.72. The Hall–Kier alpha value is -1.99.